The third-order valence-electron chi connectivity index (χ3n) is 5.92. The van der Waals surface area contributed by atoms with Gasteiger partial charge < -0.3 is 9.64 Å². The second-order valence-corrected chi connectivity index (χ2v) is 8.94. The number of carbonyl (C=O) groups is 2. The Balaban J connectivity index is 1.28. The molecule has 0 spiro atoms. The minimum atomic E-state index is -0.213. The topological polar surface area (TPSA) is 80.6 Å². The number of rotatable bonds is 7. The Labute approximate surface area is 179 Å². The average molecular weight is 428 g/mol. The molecule has 2 fully saturated rings. The number of ether oxygens (including phenoxy) is 1. The lowest BCUT2D eigenvalue weighted by Gasteiger charge is -2.20. The highest BCUT2D eigenvalue weighted by atomic mass is 32.2. The van der Waals surface area contributed by atoms with E-state index in [1.165, 1.54) is 17.7 Å². The molecule has 0 N–H and O–H groups in total. The highest BCUT2D eigenvalue weighted by Crippen LogP contribution is 2.28. The minimum Gasteiger partial charge on any atom is -0.376 e. The molecule has 5 rings (SSSR count). The molecule has 1 aromatic heterocycles. The van der Waals surface area contributed by atoms with E-state index < -0.39 is 0 Å². The number of imide groups is 1. The van der Waals surface area contributed by atoms with Gasteiger partial charge in [-0.3, -0.25) is 19.1 Å². The second-order valence-electron chi connectivity index (χ2n) is 7.88. The van der Waals surface area contributed by atoms with Crippen LogP contribution in [0.25, 0.3) is 0 Å². The van der Waals surface area contributed by atoms with Crippen LogP contribution in [0.3, 0.4) is 0 Å². The first-order chi connectivity index (χ1) is 14.7. The summed E-state index contributed by atoms with van der Waals surface area (Å²) in [5.74, 6) is 1.06. The van der Waals surface area contributed by atoms with Crippen LogP contribution >= 0.6 is 11.8 Å². The number of hydrogen-bond acceptors (Lipinski definition) is 7. The van der Waals surface area contributed by atoms with Gasteiger partial charge in [0, 0.05) is 32.0 Å². The molecule has 3 aliphatic heterocycles. The maximum Gasteiger partial charge on any atom is 0.261 e. The predicted octanol–water partition coefficient (Wildman–Crippen LogP) is 2.45. The number of nitrogens with zero attached hydrogens (tertiary/aromatic N) is 5. The fourth-order valence-corrected chi connectivity index (χ4v) is 5.23. The van der Waals surface area contributed by atoms with Gasteiger partial charge in [0.2, 0.25) is 5.95 Å². The van der Waals surface area contributed by atoms with Gasteiger partial charge in [-0.25, -0.2) is 0 Å². The first kappa shape index (κ1) is 19.6. The van der Waals surface area contributed by atoms with E-state index in [0.29, 0.717) is 23.4 Å². The molecule has 2 saturated heterocycles. The third kappa shape index (κ3) is 3.60. The predicted molar refractivity (Wildman–Crippen MR) is 113 cm³/mol. The van der Waals surface area contributed by atoms with Crippen LogP contribution in [0.2, 0.25) is 0 Å². The average Bonchev–Trinajstić information content (AvgIpc) is 3.55. The first-order valence-electron chi connectivity index (χ1n) is 10.6. The minimum absolute atomic E-state index is 0.193. The largest absolute Gasteiger partial charge is 0.376 e. The van der Waals surface area contributed by atoms with Gasteiger partial charge in [-0.15, -0.1) is 10.2 Å². The van der Waals surface area contributed by atoms with Crippen molar-refractivity contribution >= 4 is 29.5 Å². The number of amides is 2. The summed E-state index contributed by atoms with van der Waals surface area (Å²) in [7, 11) is 0. The van der Waals surface area contributed by atoms with Crippen molar-refractivity contribution in [1.82, 2.24) is 19.7 Å². The van der Waals surface area contributed by atoms with Gasteiger partial charge in [-0.1, -0.05) is 23.9 Å². The maximum absolute atomic E-state index is 12.6. The number of carbonyl (C=O) groups excluding carboxylic acids is 2. The van der Waals surface area contributed by atoms with Crippen molar-refractivity contribution in [3.63, 3.8) is 0 Å². The summed E-state index contributed by atoms with van der Waals surface area (Å²) in [4.78, 5) is 28.7. The van der Waals surface area contributed by atoms with Crippen LogP contribution in [0.4, 0.5) is 5.95 Å². The molecule has 0 radical (unpaired) electrons. The Morgan fingerprint density at radius 1 is 1.03 bits per heavy atom. The van der Waals surface area contributed by atoms with E-state index in [4.69, 9.17) is 4.74 Å². The lowest BCUT2D eigenvalue weighted by Crippen LogP contribution is -2.32. The van der Waals surface area contributed by atoms with Crippen LogP contribution in [0.1, 0.15) is 46.4 Å². The van der Waals surface area contributed by atoms with Gasteiger partial charge in [0.25, 0.3) is 11.8 Å². The Hall–Kier alpha value is -2.39. The Bertz CT molecular complexity index is 915. The number of hydrogen-bond donors (Lipinski definition) is 0. The van der Waals surface area contributed by atoms with Crippen LogP contribution in [0, 0.1) is 0 Å². The third-order valence-corrected chi connectivity index (χ3v) is 6.87. The van der Waals surface area contributed by atoms with Gasteiger partial charge in [0.1, 0.15) is 0 Å². The monoisotopic (exact) mass is 427 g/mol. The van der Waals surface area contributed by atoms with Crippen LogP contribution < -0.4 is 4.90 Å². The van der Waals surface area contributed by atoms with Gasteiger partial charge in [0.05, 0.1) is 23.8 Å². The Kier molecular flexibility index (Phi) is 5.47. The van der Waals surface area contributed by atoms with E-state index in [0.717, 1.165) is 50.2 Å². The molecular weight excluding hydrogens is 402 g/mol. The van der Waals surface area contributed by atoms with E-state index in [9.17, 15) is 9.59 Å². The number of benzene rings is 1. The van der Waals surface area contributed by atoms with Gasteiger partial charge in [0.15, 0.2) is 5.16 Å². The summed E-state index contributed by atoms with van der Waals surface area (Å²) in [6.07, 6.45) is 4.69. The first-order valence-corrected chi connectivity index (χ1v) is 11.6. The second kappa shape index (κ2) is 8.39. The summed E-state index contributed by atoms with van der Waals surface area (Å²) in [5.41, 5.74) is 0.982. The zero-order valence-electron chi connectivity index (χ0n) is 16.8. The number of anilines is 1. The Morgan fingerprint density at radius 3 is 2.43 bits per heavy atom. The lowest BCUT2D eigenvalue weighted by molar-refractivity contribution is 0.0664. The lowest BCUT2D eigenvalue weighted by atomic mass is 10.1. The van der Waals surface area contributed by atoms with E-state index in [1.807, 2.05) is 0 Å². The number of thioether (sulfide) groups is 1. The molecule has 4 heterocycles. The van der Waals surface area contributed by atoms with E-state index in [-0.39, 0.29) is 17.9 Å². The van der Waals surface area contributed by atoms with Gasteiger partial charge in [-0.2, -0.15) is 0 Å². The van der Waals surface area contributed by atoms with Gasteiger partial charge in [-0.05, 0) is 37.8 Å². The molecule has 9 heteroatoms. The highest BCUT2D eigenvalue weighted by molar-refractivity contribution is 7.99. The molecule has 2 amide bonds. The van der Waals surface area contributed by atoms with Crippen molar-refractivity contribution in [2.45, 2.75) is 43.5 Å². The molecule has 2 aromatic rings. The van der Waals surface area contributed by atoms with Crippen LogP contribution in [0.15, 0.2) is 29.4 Å². The maximum atomic E-state index is 12.6. The van der Waals surface area contributed by atoms with Gasteiger partial charge >= 0.3 is 0 Å². The van der Waals surface area contributed by atoms with Crippen molar-refractivity contribution in [3.8, 4) is 0 Å². The van der Waals surface area contributed by atoms with Crippen molar-refractivity contribution in [3.05, 3.63) is 35.4 Å². The molecule has 0 aliphatic carbocycles. The molecule has 3 aliphatic rings. The fourth-order valence-electron chi connectivity index (χ4n) is 4.36. The van der Waals surface area contributed by atoms with Crippen LogP contribution in [0.5, 0.6) is 0 Å². The summed E-state index contributed by atoms with van der Waals surface area (Å²) >= 11 is 1.54. The number of fused-ring (bicyclic) bond motifs is 1. The molecule has 8 nitrogen and oxygen atoms in total. The molecule has 0 saturated carbocycles. The molecule has 1 aromatic carbocycles. The molecule has 158 valence electrons. The SMILES string of the molecule is O=C1c2ccccc2C(=O)N1CCSc1nnc(N2CCCC2)n1C[C@H]1CCCO1. The molecule has 1 atom stereocenters. The zero-order chi connectivity index (χ0) is 20.5. The van der Waals surface area contributed by atoms with Crippen molar-refractivity contribution < 1.29 is 14.3 Å². The molecular formula is C21H25N5O3S. The quantitative estimate of drug-likeness (QED) is 0.496. The van der Waals surface area contributed by atoms with E-state index >= 15 is 0 Å². The highest BCUT2D eigenvalue weighted by Gasteiger charge is 2.35. The Morgan fingerprint density at radius 2 is 1.77 bits per heavy atom. The summed E-state index contributed by atoms with van der Waals surface area (Å²) < 4.78 is 8.01. The smallest absolute Gasteiger partial charge is 0.261 e. The van der Waals surface area contributed by atoms with Crippen LogP contribution in [-0.2, 0) is 11.3 Å². The summed E-state index contributed by atoms with van der Waals surface area (Å²) in [6, 6.07) is 7.00. The molecule has 0 unspecified atom stereocenters. The number of aromatic nitrogens is 3. The van der Waals surface area contributed by atoms with E-state index in [1.54, 1.807) is 36.0 Å². The van der Waals surface area contributed by atoms with Crippen LogP contribution in [-0.4, -0.2) is 69.6 Å². The summed E-state index contributed by atoms with van der Waals surface area (Å²) in [5, 5.41) is 9.73. The van der Waals surface area contributed by atoms with E-state index in [2.05, 4.69) is 19.7 Å². The molecule has 30 heavy (non-hydrogen) atoms. The standard InChI is InChI=1S/C21H25N5O3S/c27-18-16-7-1-2-8-17(16)19(28)25(18)11-13-30-21-23-22-20(24-9-3-4-10-24)26(21)14-15-6-5-12-29-15/h1-2,7-8,15H,3-6,9-14H2/t15-/m1/s1. The zero-order valence-corrected chi connectivity index (χ0v) is 17.6. The van der Waals surface area contributed by atoms with Crippen molar-refractivity contribution in [2.24, 2.45) is 0 Å². The van der Waals surface area contributed by atoms with Crippen molar-refractivity contribution in [2.75, 3.05) is 36.9 Å². The van der Waals surface area contributed by atoms with Crippen molar-refractivity contribution in [1.29, 1.82) is 0 Å². The fraction of sp³-hybridized carbons (Fsp3) is 0.524. The molecule has 0 bridgehead atoms. The summed E-state index contributed by atoms with van der Waals surface area (Å²) in [6.45, 7) is 3.91. The normalized spacial score (nSPS) is 21.1.